The van der Waals surface area contributed by atoms with Gasteiger partial charge < -0.3 is 15.0 Å². The van der Waals surface area contributed by atoms with E-state index in [-0.39, 0.29) is 17.4 Å². The number of amides is 1. The number of rotatable bonds is 2. The molecule has 4 nitrogen and oxygen atoms in total. The molecule has 2 aliphatic rings. The lowest BCUT2D eigenvalue weighted by Gasteiger charge is -2.48. The monoisotopic (exact) mass is 288 g/mol. The van der Waals surface area contributed by atoms with Crippen LogP contribution in [-0.4, -0.2) is 50.2 Å². The van der Waals surface area contributed by atoms with Crippen molar-refractivity contribution in [3.63, 3.8) is 0 Å². The number of nitrogens with one attached hydrogen (secondary N) is 1. The summed E-state index contributed by atoms with van der Waals surface area (Å²) < 4.78 is 5.64. The fourth-order valence-corrected chi connectivity index (χ4v) is 3.52. The SMILES string of the molecule is CN1CCC2(CCOCC2NC(=O)c2ccccc2)CC1. The molecule has 0 radical (unpaired) electrons. The Bertz CT molecular complexity index is 481. The molecule has 2 saturated heterocycles. The van der Waals surface area contributed by atoms with Crippen LogP contribution in [0.25, 0.3) is 0 Å². The van der Waals surface area contributed by atoms with E-state index in [0.717, 1.165) is 44.5 Å². The van der Waals surface area contributed by atoms with Gasteiger partial charge in [-0.15, -0.1) is 0 Å². The summed E-state index contributed by atoms with van der Waals surface area (Å²) in [6, 6.07) is 9.59. The Morgan fingerprint density at radius 2 is 1.95 bits per heavy atom. The summed E-state index contributed by atoms with van der Waals surface area (Å²) in [7, 11) is 2.17. The second-order valence-corrected chi connectivity index (χ2v) is 6.38. The molecule has 1 N–H and O–H groups in total. The summed E-state index contributed by atoms with van der Waals surface area (Å²) in [5, 5.41) is 3.23. The minimum absolute atomic E-state index is 0.0180. The Balaban J connectivity index is 1.71. The van der Waals surface area contributed by atoms with Gasteiger partial charge in [0, 0.05) is 12.2 Å². The van der Waals surface area contributed by atoms with Gasteiger partial charge in [-0.3, -0.25) is 4.79 Å². The smallest absolute Gasteiger partial charge is 0.251 e. The highest BCUT2D eigenvalue weighted by molar-refractivity contribution is 5.94. The van der Waals surface area contributed by atoms with Gasteiger partial charge in [-0.25, -0.2) is 0 Å². The van der Waals surface area contributed by atoms with Crippen LogP contribution >= 0.6 is 0 Å². The van der Waals surface area contributed by atoms with E-state index in [1.54, 1.807) is 0 Å². The van der Waals surface area contributed by atoms with Crippen LogP contribution in [0.3, 0.4) is 0 Å². The van der Waals surface area contributed by atoms with E-state index < -0.39 is 0 Å². The number of benzene rings is 1. The number of hydrogen-bond acceptors (Lipinski definition) is 3. The zero-order valence-corrected chi connectivity index (χ0v) is 12.7. The summed E-state index contributed by atoms with van der Waals surface area (Å²) in [6.45, 7) is 3.68. The van der Waals surface area contributed by atoms with Crippen LogP contribution in [0.4, 0.5) is 0 Å². The van der Waals surface area contributed by atoms with Crippen LogP contribution in [-0.2, 0) is 4.74 Å². The summed E-state index contributed by atoms with van der Waals surface area (Å²) in [5.41, 5.74) is 0.945. The average Bonchev–Trinajstić information content (AvgIpc) is 2.53. The molecule has 4 heteroatoms. The third kappa shape index (κ3) is 3.11. The molecule has 2 fully saturated rings. The first kappa shape index (κ1) is 14.5. The van der Waals surface area contributed by atoms with Gasteiger partial charge in [0.1, 0.15) is 0 Å². The number of ether oxygens (including phenoxy) is 1. The molecule has 0 saturated carbocycles. The van der Waals surface area contributed by atoms with E-state index in [9.17, 15) is 4.79 Å². The molecule has 1 unspecified atom stereocenters. The summed E-state index contributed by atoms with van der Waals surface area (Å²) in [6.07, 6.45) is 3.35. The van der Waals surface area contributed by atoms with Gasteiger partial charge in [0.2, 0.25) is 0 Å². The van der Waals surface area contributed by atoms with Gasteiger partial charge in [-0.2, -0.15) is 0 Å². The Morgan fingerprint density at radius 1 is 1.24 bits per heavy atom. The van der Waals surface area contributed by atoms with Crippen molar-refractivity contribution < 1.29 is 9.53 Å². The van der Waals surface area contributed by atoms with E-state index in [1.807, 2.05) is 30.3 Å². The van der Waals surface area contributed by atoms with E-state index in [2.05, 4.69) is 17.3 Å². The van der Waals surface area contributed by atoms with Crippen molar-refractivity contribution in [3.05, 3.63) is 35.9 Å². The minimum Gasteiger partial charge on any atom is -0.379 e. The van der Waals surface area contributed by atoms with Crippen LogP contribution < -0.4 is 5.32 Å². The first-order valence-electron chi connectivity index (χ1n) is 7.82. The molecular weight excluding hydrogens is 264 g/mol. The quantitative estimate of drug-likeness (QED) is 0.904. The Hall–Kier alpha value is -1.39. The molecule has 0 aromatic heterocycles. The van der Waals surface area contributed by atoms with E-state index in [4.69, 9.17) is 4.74 Å². The van der Waals surface area contributed by atoms with Gasteiger partial charge in [-0.05, 0) is 56.9 Å². The number of carbonyl (C=O) groups excluding carboxylic acids is 1. The standard InChI is InChI=1S/C17H24N2O2/c1-19-10-7-17(8-11-19)9-12-21-13-15(17)18-16(20)14-5-3-2-4-6-14/h2-6,15H,7-13H2,1H3,(H,18,20). The Labute approximate surface area is 126 Å². The van der Waals surface area contributed by atoms with Crippen LogP contribution in [0.2, 0.25) is 0 Å². The molecule has 1 aromatic carbocycles. The van der Waals surface area contributed by atoms with Gasteiger partial charge >= 0.3 is 0 Å². The zero-order chi connectivity index (χ0) is 14.7. The maximum atomic E-state index is 12.4. The predicted octanol–water partition coefficient (Wildman–Crippen LogP) is 1.92. The highest BCUT2D eigenvalue weighted by atomic mass is 16.5. The number of carbonyl (C=O) groups is 1. The molecule has 0 aliphatic carbocycles. The first-order valence-corrected chi connectivity index (χ1v) is 7.82. The second-order valence-electron chi connectivity index (χ2n) is 6.38. The molecule has 1 atom stereocenters. The van der Waals surface area contributed by atoms with Crippen molar-refractivity contribution in [2.75, 3.05) is 33.4 Å². The van der Waals surface area contributed by atoms with Crippen molar-refractivity contribution in [1.29, 1.82) is 0 Å². The summed E-state index contributed by atoms with van der Waals surface area (Å²) >= 11 is 0. The lowest BCUT2D eigenvalue weighted by Crippen LogP contribution is -2.57. The lowest BCUT2D eigenvalue weighted by molar-refractivity contribution is -0.0449. The van der Waals surface area contributed by atoms with Crippen molar-refractivity contribution in [2.45, 2.75) is 25.3 Å². The van der Waals surface area contributed by atoms with Crippen LogP contribution in [0.5, 0.6) is 0 Å². The van der Waals surface area contributed by atoms with E-state index >= 15 is 0 Å². The fourth-order valence-electron chi connectivity index (χ4n) is 3.52. The summed E-state index contributed by atoms with van der Waals surface area (Å²) in [5.74, 6) is 0.0180. The molecule has 1 aromatic rings. The molecule has 21 heavy (non-hydrogen) atoms. The first-order chi connectivity index (χ1) is 10.2. The highest BCUT2D eigenvalue weighted by Gasteiger charge is 2.43. The normalized spacial score (nSPS) is 25.7. The van der Waals surface area contributed by atoms with Crippen molar-refractivity contribution in [3.8, 4) is 0 Å². The highest BCUT2D eigenvalue weighted by Crippen LogP contribution is 2.40. The van der Waals surface area contributed by atoms with Crippen molar-refractivity contribution in [2.24, 2.45) is 5.41 Å². The Kier molecular flexibility index (Phi) is 4.27. The van der Waals surface area contributed by atoms with Crippen LogP contribution in [0.15, 0.2) is 30.3 Å². The van der Waals surface area contributed by atoms with Crippen LogP contribution in [0, 0.1) is 5.41 Å². The van der Waals surface area contributed by atoms with Gasteiger partial charge in [0.15, 0.2) is 0 Å². The molecule has 2 aliphatic heterocycles. The average molecular weight is 288 g/mol. The maximum Gasteiger partial charge on any atom is 0.251 e. The lowest BCUT2D eigenvalue weighted by atomic mass is 9.69. The van der Waals surface area contributed by atoms with Gasteiger partial charge in [0.05, 0.1) is 12.6 Å². The molecule has 0 bridgehead atoms. The fraction of sp³-hybridized carbons (Fsp3) is 0.588. The largest absolute Gasteiger partial charge is 0.379 e. The van der Waals surface area contributed by atoms with E-state index in [1.165, 1.54) is 0 Å². The number of hydrogen-bond donors (Lipinski definition) is 1. The molecule has 1 amide bonds. The predicted molar refractivity (Wildman–Crippen MR) is 82.3 cm³/mol. The maximum absolute atomic E-state index is 12.4. The third-order valence-electron chi connectivity index (χ3n) is 5.09. The number of likely N-dealkylation sites (tertiary alicyclic amines) is 1. The van der Waals surface area contributed by atoms with Gasteiger partial charge in [0.25, 0.3) is 5.91 Å². The minimum atomic E-state index is 0.0180. The summed E-state index contributed by atoms with van der Waals surface area (Å²) in [4.78, 5) is 14.8. The molecule has 1 spiro atoms. The molecule has 3 rings (SSSR count). The number of nitrogens with zero attached hydrogens (tertiary/aromatic N) is 1. The molecular formula is C17H24N2O2. The zero-order valence-electron chi connectivity index (χ0n) is 12.7. The molecule has 114 valence electrons. The van der Waals surface area contributed by atoms with Crippen molar-refractivity contribution in [1.82, 2.24) is 10.2 Å². The second kappa shape index (κ2) is 6.16. The molecule has 2 heterocycles. The number of piperidine rings is 1. The van der Waals surface area contributed by atoms with Gasteiger partial charge in [-0.1, -0.05) is 18.2 Å². The third-order valence-corrected chi connectivity index (χ3v) is 5.09. The Morgan fingerprint density at radius 3 is 2.67 bits per heavy atom. The topological polar surface area (TPSA) is 41.6 Å². The van der Waals surface area contributed by atoms with Crippen molar-refractivity contribution >= 4 is 5.91 Å². The van der Waals surface area contributed by atoms with E-state index in [0.29, 0.717) is 6.61 Å². The van der Waals surface area contributed by atoms with Crippen LogP contribution in [0.1, 0.15) is 29.6 Å².